The highest BCUT2D eigenvalue weighted by atomic mass is 32.2. The van der Waals surface area contributed by atoms with Crippen LogP contribution in [0.3, 0.4) is 0 Å². The Morgan fingerprint density at radius 1 is 1.11 bits per heavy atom. The predicted molar refractivity (Wildman–Crippen MR) is 112 cm³/mol. The number of aryl methyl sites for hydroxylation is 3. The molecule has 7 heteroatoms. The number of ether oxygens (including phenoxy) is 1. The number of carbonyl (C=O) groups excluding carboxylic acids is 1. The van der Waals surface area contributed by atoms with Crippen molar-refractivity contribution in [3.63, 3.8) is 0 Å². The van der Waals surface area contributed by atoms with Gasteiger partial charge in [0.1, 0.15) is 12.4 Å². The third-order valence-electron chi connectivity index (χ3n) is 4.36. The number of hydrogen-bond acceptors (Lipinski definition) is 5. The number of benzene rings is 2. The highest BCUT2D eigenvalue weighted by Crippen LogP contribution is 2.21. The lowest BCUT2D eigenvalue weighted by molar-refractivity contribution is -0.113. The van der Waals surface area contributed by atoms with Crippen LogP contribution in [0.5, 0.6) is 5.75 Å². The summed E-state index contributed by atoms with van der Waals surface area (Å²) >= 11 is 1.35. The summed E-state index contributed by atoms with van der Waals surface area (Å²) in [5, 5.41) is 12.0. The van der Waals surface area contributed by atoms with E-state index in [4.69, 9.17) is 4.74 Å². The zero-order valence-corrected chi connectivity index (χ0v) is 17.3. The topological polar surface area (TPSA) is 69.0 Å². The van der Waals surface area contributed by atoms with Gasteiger partial charge in [-0.25, -0.2) is 0 Å². The largest absolute Gasteiger partial charge is 0.485 e. The minimum absolute atomic E-state index is 0.0716. The molecule has 0 aliphatic rings. The molecule has 1 N–H and O–H groups in total. The number of hydrogen-bond donors (Lipinski definition) is 1. The van der Waals surface area contributed by atoms with Gasteiger partial charge < -0.3 is 14.6 Å². The molecular formula is C21H24N4O2S. The molecular weight excluding hydrogens is 372 g/mol. The summed E-state index contributed by atoms with van der Waals surface area (Å²) in [5.74, 6) is 1.73. The van der Waals surface area contributed by atoms with E-state index in [2.05, 4.69) is 15.5 Å². The molecule has 0 bridgehead atoms. The van der Waals surface area contributed by atoms with Gasteiger partial charge in [-0.3, -0.25) is 4.79 Å². The monoisotopic (exact) mass is 396 g/mol. The summed E-state index contributed by atoms with van der Waals surface area (Å²) in [7, 11) is 1.88. The first kappa shape index (κ1) is 19.9. The number of aromatic nitrogens is 3. The Bertz CT molecular complexity index is 984. The molecule has 0 unspecified atom stereocenters. The number of thioether (sulfide) groups is 1. The van der Waals surface area contributed by atoms with Crippen molar-refractivity contribution >= 4 is 23.4 Å². The zero-order valence-electron chi connectivity index (χ0n) is 16.5. The van der Waals surface area contributed by atoms with Crippen LogP contribution in [0.15, 0.2) is 47.6 Å². The number of nitrogens with one attached hydrogen (secondary N) is 1. The van der Waals surface area contributed by atoms with E-state index in [1.54, 1.807) is 0 Å². The highest BCUT2D eigenvalue weighted by molar-refractivity contribution is 7.99. The smallest absolute Gasteiger partial charge is 0.234 e. The van der Waals surface area contributed by atoms with Crippen LogP contribution in [0.1, 0.15) is 22.5 Å². The van der Waals surface area contributed by atoms with Crippen molar-refractivity contribution in [3.8, 4) is 5.75 Å². The minimum atomic E-state index is -0.0716. The SMILES string of the molecule is Cc1ccc(NC(=O)CSc2nnc(COc3ccccc3C)n2C)c(C)c1. The van der Waals surface area contributed by atoms with Crippen LogP contribution in [0.2, 0.25) is 0 Å². The number of anilines is 1. The molecule has 146 valence electrons. The highest BCUT2D eigenvalue weighted by Gasteiger charge is 2.13. The summed E-state index contributed by atoms with van der Waals surface area (Å²) in [6.07, 6.45) is 0. The van der Waals surface area contributed by atoms with Gasteiger partial charge in [-0.1, -0.05) is 47.7 Å². The molecule has 0 saturated heterocycles. The predicted octanol–water partition coefficient (Wildman–Crippen LogP) is 4.05. The van der Waals surface area contributed by atoms with Crippen LogP contribution in [-0.4, -0.2) is 26.4 Å². The fourth-order valence-corrected chi connectivity index (χ4v) is 3.46. The van der Waals surface area contributed by atoms with Crippen LogP contribution in [0.25, 0.3) is 0 Å². The average Bonchev–Trinajstić information content (AvgIpc) is 3.01. The molecule has 3 rings (SSSR count). The van der Waals surface area contributed by atoms with Crippen LogP contribution >= 0.6 is 11.8 Å². The summed E-state index contributed by atoms with van der Waals surface area (Å²) in [5.41, 5.74) is 4.13. The Morgan fingerprint density at radius 2 is 1.89 bits per heavy atom. The first-order valence-corrected chi connectivity index (χ1v) is 9.99. The van der Waals surface area contributed by atoms with Crippen LogP contribution in [0, 0.1) is 20.8 Å². The van der Waals surface area contributed by atoms with Crippen LogP contribution in [-0.2, 0) is 18.4 Å². The fourth-order valence-electron chi connectivity index (χ4n) is 2.73. The minimum Gasteiger partial charge on any atom is -0.485 e. The quantitative estimate of drug-likeness (QED) is 0.610. The second-order valence-corrected chi connectivity index (χ2v) is 7.61. The van der Waals surface area contributed by atoms with Gasteiger partial charge in [0.05, 0.1) is 5.75 Å². The Kier molecular flexibility index (Phi) is 6.36. The van der Waals surface area contributed by atoms with Gasteiger partial charge in [0.15, 0.2) is 11.0 Å². The zero-order chi connectivity index (χ0) is 20.1. The molecule has 1 amide bonds. The van der Waals surface area contributed by atoms with E-state index in [9.17, 15) is 4.79 Å². The third kappa shape index (κ3) is 4.92. The van der Waals surface area contributed by atoms with Gasteiger partial charge in [0.2, 0.25) is 5.91 Å². The number of rotatable bonds is 7. The number of amides is 1. The van der Waals surface area contributed by atoms with Crippen molar-refractivity contribution in [2.24, 2.45) is 7.05 Å². The Labute approximate surface area is 169 Å². The summed E-state index contributed by atoms with van der Waals surface area (Å²) in [6.45, 7) is 6.34. The normalized spacial score (nSPS) is 10.7. The summed E-state index contributed by atoms with van der Waals surface area (Å²) in [6, 6.07) is 13.8. The average molecular weight is 397 g/mol. The molecule has 0 fully saturated rings. The van der Waals surface area contributed by atoms with Crippen molar-refractivity contribution in [2.75, 3.05) is 11.1 Å². The van der Waals surface area contributed by atoms with Crippen molar-refractivity contribution in [2.45, 2.75) is 32.5 Å². The molecule has 1 aromatic heterocycles. The lowest BCUT2D eigenvalue weighted by Gasteiger charge is -2.09. The first-order valence-electron chi connectivity index (χ1n) is 9.00. The molecule has 0 aliphatic carbocycles. The Balaban J connectivity index is 1.55. The lowest BCUT2D eigenvalue weighted by Crippen LogP contribution is -2.15. The van der Waals surface area contributed by atoms with Gasteiger partial charge in [-0.05, 0) is 44.0 Å². The second kappa shape index (κ2) is 8.93. The lowest BCUT2D eigenvalue weighted by atomic mass is 10.1. The van der Waals surface area contributed by atoms with Crippen molar-refractivity contribution in [3.05, 3.63) is 65.0 Å². The van der Waals surface area contributed by atoms with E-state index >= 15 is 0 Å². The Hall–Kier alpha value is -2.80. The molecule has 6 nitrogen and oxygen atoms in total. The van der Waals surface area contributed by atoms with Gasteiger partial charge in [-0.2, -0.15) is 0 Å². The Morgan fingerprint density at radius 3 is 2.64 bits per heavy atom. The summed E-state index contributed by atoms with van der Waals surface area (Å²) in [4.78, 5) is 12.3. The van der Waals surface area contributed by atoms with E-state index in [1.165, 1.54) is 17.3 Å². The molecule has 0 radical (unpaired) electrons. The van der Waals surface area contributed by atoms with E-state index in [-0.39, 0.29) is 11.7 Å². The number of carbonyl (C=O) groups is 1. The van der Waals surface area contributed by atoms with E-state index < -0.39 is 0 Å². The van der Waals surface area contributed by atoms with Gasteiger partial charge >= 0.3 is 0 Å². The molecule has 28 heavy (non-hydrogen) atoms. The van der Waals surface area contributed by atoms with Gasteiger partial charge in [0.25, 0.3) is 0 Å². The van der Waals surface area contributed by atoms with Crippen molar-refractivity contribution in [1.82, 2.24) is 14.8 Å². The number of nitrogens with zero attached hydrogens (tertiary/aromatic N) is 3. The van der Waals surface area contributed by atoms with Gasteiger partial charge in [0, 0.05) is 12.7 Å². The number of para-hydroxylation sites is 1. The van der Waals surface area contributed by atoms with E-state index in [0.29, 0.717) is 17.6 Å². The standard InChI is InChI=1S/C21H24N4O2S/c1-14-9-10-17(16(3)11-14)22-20(26)13-28-21-24-23-19(25(21)4)12-27-18-8-6-5-7-15(18)2/h5-11H,12-13H2,1-4H3,(H,22,26). The molecule has 2 aromatic carbocycles. The van der Waals surface area contributed by atoms with Crippen molar-refractivity contribution in [1.29, 1.82) is 0 Å². The first-order chi connectivity index (χ1) is 13.4. The second-order valence-electron chi connectivity index (χ2n) is 6.67. The third-order valence-corrected chi connectivity index (χ3v) is 5.38. The molecule has 3 aromatic rings. The molecule has 0 spiro atoms. The molecule has 0 atom stereocenters. The van der Waals surface area contributed by atoms with Crippen LogP contribution < -0.4 is 10.1 Å². The molecule has 0 aliphatic heterocycles. The van der Waals surface area contributed by atoms with Gasteiger partial charge in [-0.15, -0.1) is 10.2 Å². The maximum Gasteiger partial charge on any atom is 0.234 e. The van der Waals surface area contributed by atoms with E-state index in [0.717, 1.165) is 22.6 Å². The fraction of sp³-hybridized carbons (Fsp3) is 0.286. The van der Waals surface area contributed by atoms with Crippen molar-refractivity contribution < 1.29 is 9.53 Å². The maximum atomic E-state index is 12.3. The molecule has 0 saturated carbocycles. The summed E-state index contributed by atoms with van der Waals surface area (Å²) < 4.78 is 7.69. The van der Waals surface area contributed by atoms with E-state index in [1.807, 2.05) is 74.9 Å². The molecule has 1 heterocycles. The van der Waals surface area contributed by atoms with Crippen LogP contribution in [0.4, 0.5) is 5.69 Å². The maximum absolute atomic E-state index is 12.3.